The molecule has 1 N–H and O–H groups in total. The second kappa shape index (κ2) is 7.04. The molecule has 0 radical (unpaired) electrons. The molecule has 0 saturated carbocycles. The Hall–Kier alpha value is -2.89. The predicted molar refractivity (Wildman–Crippen MR) is 73.6 cm³/mol. The van der Waals surface area contributed by atoms with Crippen molar-refractivity contribution in [2.24, 2.45) is 0 Å². The number of ether oxygens (including phenoxy) is 1. The lowest BCUT2D eigenvalue weighted by atomic mass is 10.2. The molecular weight excluding hydrogens is 271 g/mol. The molecule has 0 aliphatic heterocycles. The maximum absolute atomic E-state index is 13.4. The number of hydrogen-bond donors (Lipinski definition) is 1. The maximum Gasteiger partial charge on any atom is 0.140 e. The van der Waals surface area contributed by atoms with Gasteiger partial charge in [0.1, 0.15) is 36.5 Å². The van der Waals surface area contributed by atoms with E-state index >= 15 is 0 Å². The Bertz CT molecular complexity index is 742. The molecule has 0 spiro atoms. The summed E-state index contributed by atoms with van der Waals surface area (Å²) >= 11 is 0. The zero-order valence-electron chi connectivity index (χ0n) is 11.0. The topological polar surface area (TPSA) is 66.1 Å². The van der Waals surface area contributed by atoms with Crippen molar-refractivity contribution < 1.29 is 14.2 Å². The fourth-order valence-electron chi connectivity index (χ4n) is 1.65. The number of pyridine rings is 1. The third-order valence-corrected chi connectivity index (χ3v) is 2.53. The SMILES string of the molecule is N#Cc1cc(COc2cc(F)cc(C#CCO)c2)ccn1. The molecule has 0 aliphatic rings. The molecule has 4 nitrogen and oxygen atoms in total. The molecule has 0 atom stereocenters. The summed E-state index contributed by atoms with van der Waals surface area (Å²) in [4.78, 5) is 3.86. The summed E-state index contributed by atoms with van der Waals surface area (Å²) in [5.41, 5.74) is 1.48. The van der Waals surface area contributed by atoms with Gasteiger partial charge >= 0.3 is 0 Å². The van der Waals surface area contributed by atoms with Crippen LogP contribution in [0.4, 0.5) is 4.39 Å². The Morgan fingerprint density at radius 2 is 2.14 bits per heavy atom. The molecule has 2 rings (SSSR count). The van der Waals surface area contributed by atoms with Crippen molar-refractivity contribution in [3.05, 3.63) is 59.2 Å². The van der Waals surface area contributed by atoms with Gasteiger partial charge in [0.05, 0.1) is 0 Å². The molecule has 21 heavy (non-hydrogen) atoms. The first-order valence-corrected chi connectivity index (χ1v) is 6.09. The molecule has 0 bridgehead atoms. The van der Waals surface area contributed by atoms with Gasteiger partial charge in [-0.05, 0) is 29.8 Å². The standard InChI is InChI=1S/C16H11FN2O2/c17-14-6-12(2-1-5-20)8-16(9-14)21-11-13-3-4-19-15(7-13)10-18/h3-4,6-9,20H,5,11H2. The quantitative estimate of drug-likeness (QED) is 0.875. The molecule has 1 aromatic carbocycles. The minimum atomic E-state index is -0.470. The van der Waals surface area contributed by atoms with E-state index in [9.17, 15) is 4.39 Å². The summed E-state index contributed by atoms with van der Waals surface area (Å²) in [5.74, 6) is 4.92. The van der Waals surface area contributed by atoms with Crippen molar-refractivity contribution in [2.45, 2.75) is 6.61 Å². The molecule has 0 aliphatic carbocycles. The van der Waals surface area contributed by atoms with E-state index in [4.69, 9.17) is 15.1 Å². The monoisotopic (exact) mass is 282 g/mol. The average Bonchev–Trinajstić information content (AvgIpc) is 2.50. The molecule has 0 amide bonds. The first kappa shape index (κ1) is 14.5. The highest BCUT2D eigenvalue weighted by molar-refractivity contribution is 5.40. The van der Waals surface area contributed by atoms with Gasteiger partial charge in [-0.15, -0.1) is 0 Å². The number of rotatable bonds is 3. The van der Waals surface area contributed by atoms with Crippen LogP contribution < -0.4 is 4.74 Å². The number of aliphatic hydroxyl groups is 1. The van der Waals surface area contributed by atoms with Crippen LogP contribution in [0.1, 0.15) is 16.8 Å². The van der Waals surface area contributed by atoms with E-state index < -0.39 is 5.82 Å². The van der Waals surface area contributed by atoms with Gasteiger partial charge in [-0.3, -0.25) is 0 Å². The zero-order valence-corrected chi connectivity index (χ0v) is 11.0. The number of benzene rings is 1. The fraction of sp³-hybridized carbons (Fsp3) is 0.125. The van der Waals surface area contributed by atoms with E-state index in [-0.39, 0.29) is 13.2 Å². The van der Waals surface area contributed by atoms with Crippen LogP contribution in [0.25, 0.3) is 0 Å². The lowest BCUT2D eigenvalue weighted by molar-refractivity contribution is 0.304. The number of hydrogen-bond acceptors (Lipinski definition) is 4. The zero-order chi connectivity index (χ0) is 15.1. The fourth-order valence-corrected chi connectivity index (χ4v) is 1.65. The Balaban J connectivity index is 2.12. The van der Waals surface area contributed by atoms with E-state index in [2.05, 4.69) is 16.8 Å². The van der Waals surface area contributed by atoms with Gasteiger partial charge in [-0.2, -0.15) is 5.26 Å². The van der Waals surface area contributed by atoms with Gasteiger partial charge < -0.3 is 9.84 Å². The first-order chi connectivity index (χ1) is 10.2. The van der Waals surface area contributed by atoms with E-state index in [1.807, 2.05) is 6.07 Å². The largest absolute Gasteiger partial charge is 0.489 e. The Morgan fingerprint density at radius 3 is 2.90 bits per heavy atom. The van der Waals surface area contributed by atoms with Crippen molar-refractivity contribution in [3.63, 3.8) is 0 Å². The second-order valence-electron chi connectivity index (χ2n) is 4.09. The first-order valence-electron chi connectivity index (χ1n) is 6.09. The number of nitrogens with zero attached hydrogens (tertiary/aromatic N) is 2. The minimum Gasteiger partial charge on any atom is -0.489 e. The van der Waals surface area contributed by atoms with Crippen LogP contribution in [0.2, 0.25) is 0 Å². The summed E-state index contributed by atoms with van der Waals surface area (Å²) in [7, 11) is 0. The molecular formula is C16H11FN2O2. The predicted octanol–water partition coefficient (Wildman–Crippen LogP) is 2.02. The molecule has 2 aromatic rings. The van der Waals surface area contributed by atoms with Crippen LogP contribution in [-0.2, 0) is 6.61 Å². The van der Waals surface area contributed by atoms with E-state index in [1.165, 1.54) is 18.3 Å². The summed E-state index contributed by atoms with van der Waals surface area (Å²) in [6.07, 6.45) is 1.51. The lowest BCUT2D eigenvalue weighted by Gasteiger charge is -2.07. The van der Waals surface area contributed by atoms with Gasteiger partial charge in [-0.25, -0.2) is 9.37 Å². The molecule has 1 aromatic heterocycles. The second-order valence-corrected chi connectivity index (χ2v) is 4.09. The summed E-state index contributed by atoms with van der Waals surface area (Å²) in [5, 5.41) is 17.4. The van der Waals surface area contributed by atoms with Gasteiger partial charge in [0.2, 0.25) is 0 Å². The van der Waals surface area contributed by atoms with Crippen molar-refractivity contribution >= 4 is 0 Å². The summed E-state index contributed by atoms with van der Waals surface area (Å²) < 4.78 is 18.9. The van der Waals surface area contributed by atoms with E-state index in [0.717, 1.165) is 5.56 Å². The Kier molecular flexibility index (Phi) is 4.87. The number of nitriles is 1. The van der Waals surface area contributed by atoms with Crippen LogP contribution in [0, 0.1) is 29.0 Å². The molecule has 5 heteroatoms. The summed E-state index contributed by atoms with van der Waals surface area (Å²) in [6, 6.07) is 9.34. The third-order valence-electron chi connectivity index (χ3n) is 2.53. The van der Waals surface area contributed by atoms with E-state index in [1.54, 1.807) is 18.2 Å². The normalized spacial score (nSPS) is 9.38. The van der Waals surface area contributed by atoms with E-state index in [0.29, 0.717) is 17.0 Å². The van der Waals surface area contributed by atoms with Crippen molar-refractivity contribution in [1.29, 1.82) is 5.26 Å². The average molecular weight is 282 g/mol. The Labute approximate surface area is 121 Å². The molecule has 104 valence electrons. The lowest BCUT2D eigenvalue weighted by Crippen LogP contribution is -1.97. The third kappa shape index (κ3) is 4.31. The summed E-state index contributed by atoms with van der Waals surface area (Å²) in [6.45, 7) is -0.103. The van der Waals surface area contributed by atoms with Crippen molar-refractivity contribution in [1.82, 2.24) is 4.98 Å². The molecule has 0 fully saturated rings. The van der Waals surface area contributed by atoms with Crippen LogP contribution in [-0.4, -0.2) is 16.7 Å². The highest BCUT2D eigenvalue weighted by Gasteiger charge is 2.02. The number of halogens is 1. The smallest absolute Gasteiger partial charge is 0.140 e. The van der Waals surface area contributed by atoms with Crippen molar-refractivity contribution in [3.8, 4) is 23.7 Å². The highest BCUT2D eigenvalue weighted by Crippen LogP contribution is 2.17. The minimum absolute atomic E-state index is 0.188. The van der Waals surface area contributed by atoms with Gasteiger partial charge in [0, 0.05) is 17.8 Å². The van der Waals surface area contributed by atoms with Gasteiger partial charge in [0.15, 0.2) is 0 Å². The van der Waals surface area contributed by atoms with Crippen LogP contribution in [0.3, 0.4) is 0 Å². The van der Waals surface area contributed by atoms with Gasteiger partial charge in [0.25, 0.3) is 0 Å². The van der Waals surface area contributed by atoms with Crippen LogP contribution >= 0.6 is 0 Å². The number of aliphatic hydroxyl groups excluding tert-OH is 1. The number of aromatic nitrogens is 1. The molecule has 0 saturated heterocycles. The maximum atomic E-state index is 13.4. The van der Waals surface area contributed by atoms with Crippen LogP contribution in [0.5, 0.6) is 5.75 Å². The van der Waals surface area contributed by atoms with Gasteiger partial charge in [-0.1, -0.05) is 11.8 Å². The highest BCUT2D eigenvalue weighted by atomic mass is 19.1. The van der Waals surface area contributed by atoms with Crippen molar-refractivity contribution in [2.75, 3.05) is 6.61 Å². The molecule has 0 unspecified atom stereocenters. The molecule has 1 heterocycles. The van der Waals surface area contributed by atoms with Crippen LogP contribution in [0.15, 0.2) is 36.5 Å². The Morgan fingerprint density at radius 1 is 1.29 bits per heavy atom.